The van der Waals surface area contributed by atoms with Crippen LogP contribution in [0.25, 0.3) is 0 Å². The Labute approximate surface area is 125 Å². The Morgan fingerprint density at radius 1 is 1.10 bits per heavy atom. The lowest BCUT2D eigenvalue weighted by atomic mass is 9.89. The minimum Gasteiger partial charge on any atom is -0.478 e. The third-order valence-electron chi connectivity index (χ3n) is 3.88. The molecule has 4 heteroatoms. The molecule has 1 aromatic rings. The average molecular weight is 292 g/mol. The molecule has 0 aliphatic heterocycles. The van der Waals surface area contributed by atoms with Crippen molar-refractivity contribution in [2.45, 2.75) is 52.4 Å². The third-order valence-corrected chi connectivity index (χ3v) is 3.88. The van der Waals surface area contributed by atoms with E-state index in [4.69, 9.17) is 5.11 Å². The normalized spacial score (nSPS) is 12.1. The highest BCUT2D eigenvalue weighted by atomic mass is 16.4. The van der Waals surface area contributed by atoms with Crippen molar-refractivity contribution >= 4 is 11.9 Å². The molecule has 1 atom stereocenters. The van der Waals surface area contributed by atoms with Crippen molar-refractivity contribution in [1.82, 2.24) is 0 Å². The molecule has 0 fully saturated rings. The van der Waals surface area contributed by atoms with Gasteiger partial charge < -0.3 is 10.2 Å². The second kappa shape index (κ2) is 8.45. The molecule has 0 spiro atoms. The van der Waals surface area contributed by atoms with Crippen molar-refractivity contribution in [3.05, 3.63) is 34.9 Å². The number of hydrogen-bond acceptors (Lipinski definition) is 2. The van der Waals surface area contributed by atoms with Crippen LogP contribution in [0.4, 0.5) is 0 Å². The fourth-order valence-corrected chi connectivity index (χ4v) is 2.55. The molecule has 116 valence electrons. The molecule has 0 bridgehead atoms. The Morgan fingerprint density at radius 3 is 2.33 bits per heavy atom. The van der Waals surface area contributed by atoms with Crippen LogP contribution in [0, 0.1) is 5.92 Å². The van der Waals surface area contributed by atoms with Gasteiger partial charge in [0, 0.05) is 0 Å². The zero-order valence-electron chi connectivity index (χ0n) is 12.8. The molecule has 0 aliphatic carbocycles. The van der Waals surface area contributed by atoms with Crippen LogP contribution in [0.1, 0.15) is 72.2 Å². The van der Waals surface area contributed by atoms with Gasteiger partial charge in [-0.3, -0.25) is 0 Å². The van der Waals surface area contributed by atoms with E-state index in [9.17, 15) is 14.7 Å². The fraction of sp³-hybridized carbons (Fsp3) is 0.529. The van der Waals surface area contributed by atoms with Gasteiger partial charge in [0.15, 0.2) is 0 Å². The first-order valence-corrected chi connectivity index (χ1v) is 7.59. The molecule has 0 saturated carbocycles. The van der Waals surface area contributed by atoms with E-state index in [0.717, 1.165) is 25.7 Å². The van der Waals surface area contributed by atoms with E-state index in [1.165, 1.54) is 24.6 Å². The van der Waals surface area contributed by atoms with Crippen LogP contribution in [0.2, 0.25) is 0 Å². The summed E-state index contributed by atoms with van der Waals surface area (Å²) in [7, 11) is 0. The van der Waals surface area contributed by atoms with E-state index in [1.807, 2.05) is 0 Å². The number of unbranched alkanes of at least 4 members (excludes halogenated alkanes) is 2. The van der Waals surface area contributed by atoms with Crippen molar-refractivity contribution in [3.8, 4) is 0 Å². The summed E-state index contributed by atoms with van der Waals surface area (Å²) < 4.78 is 0. The van der Waals surface area contributed by atoms with E-state index in [-0.39, 0.29) is 11.1 Å². The average Bonchev–Trinajstić information content (AvgIpc) is 2.45. The SMILES string of the molecule is CCCCCC(CC)Cc1cc(C(=O)O)ccc1C(=O)O. The summed E-state index contributed by atoms with van der Waals surface area (Å²) in [5, 5.41) is 18.3. The van der Waals surface area contributed by atoms with E-state index < -0.39 is 11.9 Å². The van der Waals surface area contributed by atoms with Gasteiger partial charge in [-0.05, 0) is 36.1 Å². The third kappa shape index (κ3) is 5.21. The van der Waals surface area contributed by atoms with Crippen LogP contribution in [-0.2, 0) is 6.42 Å². The highest BCUT2D eigenvalue weighted by Gasteiger charge is 2.16. The van der Waals surface area contributed by atoms with Crippen LogP contribution in [0.15, 0.2) is 18.2 Å². The molecule has 1 aromatic carbocycles. The zero-order valence-corrected chi connectivity index (χ0v) is 12.8. The molecule has 1 unspecified atom stereocenters. The van der Waals surface area contributed by atoms with Gasteiger partial charge in [0.1, 0.15) is 0 Å². The van der Waals surface area contributed by atoms with Gasteiger partial charge in [-0.2, -0.15) is 0 Å². The highest BCUT2D eigenvalue weighted by molar-refractivity contribution is 5.93. The molecule has 21 heavy (non-hydrogen) atoms. The number of hydrogen-bond donors (Lipinski definition) is 2. The van der Waals surface area contributed by atoms with Gasteiger partial charge in [0.2, 0.25) is 0 Å². The molecule has 0 aliphatic rings. The molecule has 0 saturated heterocycles. The van der Waals surface area contributed by atoms with Crippen molar-refractivity contribution in [2.75, 3.05) is 0 Å². The van der Waals surface area contributed by atoms with Gasteiger partial charge in [0.25, 0.3) is 0 Å². The van der Waals surface area contributed by atoms with Gasteiger partial charge in [-0.15, -0.1) is 0 Å². The lowest BCUT2D eigenvalue weighted by Gasteiger charge is -2.16. The lowest BCUT2D eigenvalue weighted by molar-refractivity contribution is 0.0680. The van der Waals surface area contributed by atoms with E-state index in [1.54, 1.807) is 0 Å². The molecule has 1 rings (SSSR count). The first-order valence-electron chi connectivity index (χ1n) is 7.59. The fourth-order valence-electron chi connectivity index (χ4n) is 2.55. The van der Waals surface area contributed by atoms with Gasteiger partial charge >= 0.3 is 11.9 Å². The van der Waals surface area contributed by atoms with Crippen LogP contribution in [0.5, 0.6) is 0 Å². The Bertz CT molecular complexity index is 494. The summed E-state index contributed by atoms with van der Waals surface area (Å²) in [4.78, 5) is 22.3. The molecule has 0 amide bonds. The maximum absolute atomic E-state index is 11.3. The van der Waals surface area contributed by atoms with Crippen molar-refractivity contribution < 1.29 is 19.8 Å². The Hall–Kier alpha value is -1.84. The smallest absolute Gasteiger partial charge is 0.335 e. The summed E-state index contributed by atoms with van der Waals surface area (Å²) in [5.74, 6) is -1.61. The summed E-state index contributed by atoms with van der Waals surface area (Å²) >= 11 is 0. The summed E-state index contributed by atoms with van der Waals surface area (Å²) in [6.45, 7) is 4.25. The van der Waals surface area contributed by atoms with Crippen LogP contribution >= 0.6 is 0 Å². The van der Waals surface area contributed by atoms with E-state index >= 15 is 0 Å². The second-order valence-electron chi connectivity index (χ2n) is 5.46. The molecular weight excluding hydrogens is 268 g/mol. The summed E-state index contributed by atoms with van der Waals surface area (Å²) in [6, 6.07) is 4.27. The quantitative estimate of drug-likeness (QED) is 0.668. The highest BCUT2D eigenvalue weighted by Crippen LogP contribution is 2.22. The first kappa shape index (κ1) is 17.2. The monoisotopic (exact) mass is 292 g/mol. The zero-order chi connectivity index (χ0) is 15.8. The molecule has 0 radical (unpaired) electrons. The second-order valence-corrected chi connectivity index (χ2v) is 5.46. The van der Waals surface area contributed by atoms with Crippen molar-refractivity contribution in [1.29, 1.82) is 0 Å². The van der Waals surface area contributed by atoms with Gasteiger partial charge in [-0.25, -0.2) is 9.59 Å². The number of carboxylic acids is 2. The number of aromatic carboxylic acids is 2. The number of rotatable bonds is 9. The predicted molar refractivity (Wildman–Crippen MR) is 82.0 cm³/mol. The predicted octanol–water partition coefficient (Wildman–Crippen LogP) is 4.23. The standard InChI is InChI=1S/C17H24O4/c1-3-5-6-7-12(4-2)10-14-11-13(16(18)19)8-9-15(14)17(20)21/h8-9,11-12H,3-7,10H2,1-2H3,(H,18,19)(H,20,21). The molecule has 4 nitrogen and oxygen atoms in total. The number of carbonyl (C=O) groups is 2. The Balaban J connectivity index is 2.94. The Morgan fingerprint density at radius 2 is 1.81 bits per heavy atom. The minimum absolute atomic E-state index is 0.151. The lowest BCUT2D eigenvalue weighted by Crippen LogP contribution is -2.11. The first-order chi connectivity index (χ1) is 9.99. The summed E-state index contributed by atoms with van der Waals surface area (Å²) in [6.07, 6.45) is 6.13. The Kier molecular flexibility index (Phi) is 6.92. The molecule has 0 aromatic heterocycles. The van der Waals surface area contributed by atoms with Gasteiger partial charge in [-0.1, -0.05) is 46.0 Å². The maximum Gasteiger partial charge on any atom is 0.335 e. The summed E-state index contributed by atoms with van der Waals surface area (Å²) in [5.41, 5.74) is 0.998. The number of benzene rings is 1. The maximum atomic E-state index is 11.3. The van der Waals surface area contributed by atoms with Crippen LogP contribution < -0.4 is 0 Å². The largest absolute Gasteiger partial charge is 0.478 e. The van der Waals surface area contributed by atoms with Crippen LogP contribution in [0.3, 0.4) is 0 Å². The van der Waals surface area contributed by atoms with Gasteiger partial charge in [0.05, 0.1) is 11.1 Å². The minimum atomic E-state index is -1.02. The van der Waals surface area contributed by atoms with Crippen molar-refractivity contribution in [2.24, 2.45) is 5.92 Å². The van der Waals surface area contributed by atoms with E-state index in [0.29, 0.717) is 17.9 Å². The van der Waals surface area contributed by atoms with E-state index in [2.05, 4.69) is 13.8 Å². The number of carboxylic acid groups (broad SMARTS) is 2. The van der Waals surface area contributed by atoms with Crippen molar-refractivity contribution in [3.63, 3.8) is 0 Å². The topological polar surface area (TPSA) is 74.6 Å². The van der Waals surface area contributed by atoms with Crippen LogP contribution in [-0.4, -0.2) is 22.2 Å². The molecule has 2 N–H and O–H groups in total. The molecule has 0 heterocycles. The molecular formula is C17H24O4.